The minimum absolute atomic E-state index is 0.0393. The number of carbonyl (C=O) groups is 1. The molecule has 2 aliphatic rings. The minimum atomic E-state index is -0.653. The molecule has 2 aromatic heterocycles. The molecule has 0 atom stereocenters. The number of rotatable bonds is 5. The zero-order valence-electron chi connectivity index (χ0n) is 23.1. The Kier molecular flexibility index (Phi) is 7.35. The van der Waals surface area contributed by atoms with Gasteiger partial charge in [-0.2, -0.15) is 0 Å². The number of hydrogen-bond donors (Lipinski definition) is 1. The highest BCUT2D eigenvalue weighted by Gasteiger charge is 2.27. The maximum Gasteiger partial charge on any atom is 0.253 e. The Bertz CT molecular complexity index is 1620. The summed E-state index contributed by atoms with van der Waals surface area (Å²) in [5, 5.41) is 3.23. The third-order valence-corrected chi connectivity index (χ3v) is 8.72. The van der Waals surface area contributed by atoms with E-state index in [1.807, 2.05) is 42.2 Å². The fourth-order valence-corrected chi connectivity index (χ4v) is 6.46. The summed E-state index contributed by atoms with van der Waals surface area (Å²) in [7, 11) is 4.17. The summed E-state index contributed by atoms with van der Waals surface area (Å²) in [5.41, 5.74) is 3.74. The van der Waals surface area contributed by atoms with Crippen molar-refractivity contribution >= 4 is 34.6 Å². The van der Waals surface area contributed by atoms with Crippen molar-refractivity contribution in [1.29, 1.82) is 0 Å². The Morgan fingerprint density at radius 1 is 1.07 bits per heavy atom. The Morgan fingerprint density at radius 3 is 2.46 bits per heavy atom. The van der Waals surface area contributed by atoms with Crippen LogP contribution in [0, 0.1) is 18.6 Å². The van der Waals surface area contributed by atoms with Crippen molar-refractivity contribution in [3.05, 3.63) is 92.8 Å². The quantitative estimate of drug-likeness (QED) is 0.315. The average molecular weight is 573 g/mol. The molecule has 1 fully saturated rings. The predicted octanol–water partition coefficient (Wildman–Crippen LogP) is 6.05. The van der Waals surface area contributed by atoms with E-state index in [0.29, 0.717) is 28.1 Å². The molecule has 10 heteroatoms. The summed E-state index contributed by atoms with van der Waals surface area (Å²) in [5.74, 6) is -0.887. The molecular weight excluding hydrogens is 542 g/mol. The molecule has 0 spiro atoms. The SMILES string of the molecule is Cc1cc2c(s1)C(c1c(F)cccc1F)=NCc1cnc(Nc3ccc(C(=O)N4CCC(N(C)C)CC4)cc3)nc1-2. The molecule has 4 aromatic rings. The number of fused-ring (bicyclic) bond motifs is 3. The van der Waals surface area contributed by atoms with Crippen LogP contribution in [0.15, 0.2) is 59.7 Å². The number of amides is 1. The molecule has 2 aliphatic heterocycles. The maximum atomic E-state index is 14.8. The first-order chi connectivity index (χ1) is 19.8. The number of nitrogens with one attached hydrogen (secondary N) is 1. The summed E-state index contributed by atoms with van der Waals surface area (Å²) in [6, 6.07) is 13.6. The highest BCUT2D eigenvalue weighted by molar-refractivity contribution is 7.14. The number of aromatic nitrogens is 2. The number of nitrogens with zero attached hydrogens (tertiary/aromatic N) is 5. The third-order valence-electron chi connectivity index (χ3n) is 7.67. The second-order valence-corrected chi connectivity index (χ2v) is 11.9. The fraction of sp³-hybridized carbons (Fsp3) is 0.290. The molecule has 4 heterocycles. The second-order valence-electron chi connectivity index (χ2n) is 10.6. The van der Waals surface area contributed by atoms with Gasteiger partial charge in [0.15, 0.2) is 0 Å². The lowest BCUT2D eigenvalue weighted by Gasteiger charge is -2.35. The van der Waals surface area contributed by atoms with Gasteiger partial charge in [-0.05, 0) is 76.3 Å². The molecular formula is C31H30F2N6OS. The van der Waals surface area contributed by atoms with E-state index in [-0.39, 0.29) is 23.7 Å². The Hall–Kier alpha value is -4.02. The lowest BCUT2D eigenvalue weighted by Crippen LogP contribution is -2.44. The number of carbonyl (C=O) groups excluding carboxylic acids is 1. The molecule has 1 saturated heterocycles. The lowest BCUT2D eigenvalue weighted by molar-refractivity contribution is 0.0663. The number of halogens is 2. The van der Waals surface area contributed by atoms with Gasteiger partial charge in [-0.1, -0.05) is 6.07 Å². The Morgan fingerprint density at radius 2 is 1.78 bits per heavy atom. The number of hydrogen-bond acceptors (Lipinski definition) is 7. The van der Waals surface area contributed by atoms with Gasteiger partial charge in [0, 0.05) is 52.6 Å². The highest BCUT2D eigenvalue weighted by Crippen LogP contribution is 2.38. The summed E-state index contributed by atoms with van der Waals surface area (Å²) < 4.78 is 29.5. The van der Waals surface area contributed by atoms with Crippen molar-refractivity contribution < 1.29 is 13.6 Å². The van der Waals surface area contributed by atoms with E-state index in [2.05, 4.69) is 34.3 Å². The summed E-state index contributed by atoms with van der Waals surface area (Å²) in [6.07, 6.45) is 3.64. The van der Waals surface area contributed by atoms with Crippen LogP contribution < -0.4 is 5.32 Å². The van der Waals surface area contributed by atoms with Crippen molar-refractivity contribution in [2.45, 2.75) is 32.4 Å². The molecule has 0 bridgehead atoms. The van der Waals surface area contributed by atoms with Crippen LogP contribution in [0.2, 0.25) is 0 Å². The largest absolute Gasteiger partial charge is 0.339 e. The van der Waals surface area contributed by atoms with Crippen LogP contribution >= 0.6 is 11.3 Å². The van der Waals surface area contributed by atoms with Gasteiger partial charge < -0.3 is 15.1 Å². The molecule has 1 N–H and O–H groups in total. The highest BCUT2D eigenvalue weighted by atomic mass is 32.1. The first-order valence-electron chi connectivity index (χ1n) is 13.6. The van der Waals surface area contributed by atoms with Crippen molar-refractivity contribution in [3.8, 4) is 11.3 Å². The number of thiophene rings is 1. The maximum absolute atomic E-state index is 14.8. The van der Waals surface area contributed by atoms with E-state index < -0.39 is 11.6 Å². The van der Waals surface area contributed by atoms with Crippen LogP contribution in [0.5, 0.6) is 0 Å². The number of aliphatic imine (C=N–C) groups is 1. The van der Waals surface area contributed by atoms with Gasteiger partial charge >= 0.3 is 0 Å². The molecule has 0 radical (unpaired) electrons. The van der Waals surface area contributed by atoms with Gasteiger partial charge in [-0.3, -0.25) is 9.79 Å². The Labute approximate surface area is 241 Å². The van der Waals surface area contributed by atoms with Gasteiger partial charge in [-0.15, -0.1) is 11.3 Å². The zero-order chi connectivity index (χ0) is 28.7. The fourth-order valence-electron chi connectivity index (χ4n) is 5.43. The van der Waals surface area contributed by atoms with E-state index in [1.165, 1.54) is 29.5 Å². The van der Waals surface area contributed by atoms with E-state index in [9.17, 15) is 13.6 Å². The molecule has 2 aromatic carbocycles. The van der Waals surface area contributed by atoms with Gasteiger partial charge in [0.25, 0.3) is 5.91 Å². The van der Waals surface area contributed by atoms with E-state index in [4.69, 9.17) is 4.98 Å². The number of benzene rings is 2. The molecule has 0 unspecified atom stereocenters. The van der Waals surface area contributed by atoms with Crippen LogP contribution in [-0.2, 0) is 6.54 Å². The Balaban J connectivity index is 1.23. The first-order valence-corrected chi connectivity index (χ1v) is 14.4. The van der Waals surface area contributed by atoms with Crippen molar-refractivity contribution in [3.63, 3.8) is 0 Å². The third kappa shape index (κ3) is 5.37. The van der Waals surface area contributed by atoms with Crippen LogP contribution in [0.3, 0.4) is 0 Å². The monoisotopic (exact) mass is 572 g/mol. The van der Waals surface area contributed by atoms with E-state index >= 15 is 0 Å². The number of piperidine rings is 1. The summed E-state index contributed by atoms with van der Waals surface area (Å²) >= 11 is 1.43. The topological polar surface area (TPSA) is 73.7 Å². The normalized spacial score (nSPS) is 15.3. The van der Waals surface area contributed by atoms with Crippen LogP contribution in [-0.4, -0.2) is 64.6 Å². The molecule has 7 nitrogen and oxygen atoms in total. The van der Waals surface area contributed by atoms with Gasteiger partial charge in [0.05, 0.1) is 28.4 Å². The van der Waals surface area contributed by atoms with Crippen LogP contribution in [0.25, 0.3) is 11.3 Å². The molecule has 41 heavy (non-hydrogen) atoms. The minimum Gasteiger partial charge on any atom is -0.339 e. The smallest absolute Gasteiger partial charge is 0.253 e. The number of likely N-dealkylation sites (tertiary alicyclic amines) is 1. The van der Waals surface area contributed by atoms with Gasteiger partial charge in [0.1, 0.15) is 11.6 Å². The van der Waals surface area contributed by atoms with Crippen molar-refractivity contribution in [2.75, 3.05) is 32.5 Å². The van der Waals surface area contributed by atoms with E-state index in [1.54, 1.807) is 6.20 Å². The van der Waals surface area contributed by atoms with Gasteiger partial charge in [0.2, 0.25) is 5.95 Å². The number of anilines is 2. The summed E-state index contributed by atoms with van der Waals surface area (Å²) in [6.45, 7) is 3.65. The van der Waals surface area contributed by atoms with E-state index in [0.717, 1.165) is 47.6 Å². The second kappa shape index (κ2) is 11.1. The van der Waals surface area contributed by atoms with Gasteiger partial charge in [-0.25, -0.2) is 18.7 Å². The zero-order valence-corrected chi connectivity index (χ0v) is 23.9. The number of aryl methyl sites for hydroxylation is 1. The lowest BCUT2D eigenvalue weighted by atomic mass is 10.0. The first kappa shape index (κ1) is 27.2. The molecule has 210 valence electrons. The van der Waals surface area contributed by atoms with Crippen LogP contribution in [0.4, 0.5) is 20.4 Å². The summed E-state index contributed by atoms with van der Waals surface area (Å²) in [4.78, 5) is 32.7. The predicted molar refractivity (Wildman–Crippen MR) is 158 cm³/mol. The van der Waals surface area contributed by atoms with Crippen molar-refractivity contribution in [1.82, 2.24) is 19.8 Å². The molecule has 0 saturated carbocycles. The molecule has 0 aliphatic carbocycles. The standard InChI is InChI=1S/C31H30F2N6OS/c1-18-15-23-27-20(16-34-28(29(23)41-18)26-24(32)5-4-6-25(26)33)17-35-31(37-27)36-21-9-7-19(8-10-21)30(40)39-13-11-22(12-14-39)38(2)3/h4-10,15,17,22H,11-14,16H2,1-3H3,(H,35,36,37). The van der Waals surface area contributed by atoms with Crippen LogP contribution in [0.1, 0.15) is 44.1 Å². The van der Waals surface area contributed by atoms with Crippen molar-refractivity contribution in [2.24, 2.45) is 4.99 Å². The molecule has 1 amide bonds. The molecule has 6 rings (SSSR count). The average Bonchev–Trinajstić information content (AvgIpc) is 3.29.